The van der Waals surface area contributed by atoms with Crippen molar-refractivity contribution >= 4 is 11.6 Å². The fraction of sp³-hybridized carbons (Fsp3) is 0.538. The zero-order chi connectivity index (χ0) is 15.1. The Labute approximate surface area is 123 Å². The second kappa shape index (κ2) is 7.41. The number of anilines is 2. The molecule has 0 aromatic carbocycles. The van der Waals surface area contributed by atoms with Crippen LogP contribution in [-0.2, 0) is 6.42 Å². The summed E-state index contributed by atoms with van der Waals surface area (Å²) in [7, 11) is 1.60. The van der Waals surface area contributed by atoms with E-state index < -0.39 is 0 Å². The van der Waals surface area contributed by atoms with Crippen molar-refractivity contribution in [2.75, 3.05) is 30.8 Å². The lowest BCUT2D eigenvalue weighted by atomic mass is 10.3. The van der Waals surface area contributed by atoms with Gasteiger partial charge in [-0.15, -0.1) is 0 Å². The number of nitrogens with one attached hydrogen (secondary N) is 2. The van der Waals surface area contributed by atoms with Crippen LogP contribution in [0.15, 0.2) is 10.9 Å². The van der Waals surface area contributed by atoms with Crippen LogP contribution in [0.3, 0.4) is 0 Å². The highest BCUT2D eigenvalue weighted by molar-refractivity contribution is 5.63. The number of aryl methyl sites for hydroxylation is 1. The van der Waals surface area contributed by atoms with E-state index in [1.165, 1.54) is 6.33 Å². The number of aromatic nitrogens is 4. The standard InChI is InChI=1S/C13H20N6O2/c1-4-6-14-12-11(20-3)13(17-8-16-12)15-7-5-10-18-9(2)21-19-10/h8H,4-7H2,1-3H3,(H2,14,15,16,17). The van der Waals surface area contributed by atoms with Crippen molar-refractivity contribution in [2.24, 2.45) is 0 Å². The topological polar surface area (TPSA) is 98.0 Å². The molecule has 2 N–H and O–H groups in total. The fourth-order valence-electron chi connectivity index (χ4n) is 1.80. The molecule has 0 spiro atoms. The highest BCUT2D eigenvalue weighted by atomic mass is 16.5. The third-order valence-electron chi connectivity index (χ3n) is 2.76. The number of hydrogen-bond donors (Lipinski definition) is 2. The van der Waals surface area contributed by atoms with Gasteiger partial charge in [0.25, 0.3) is 0 Å². The second-order valence-electron chi connectivity index (χ2n) is 4.44. The second-order valence-corrected chi connectivity index (χ2v) is 4.44. The molecule has 2 aromatic heterocycles. The molecule has 2 rings (SSSR count). The summed E-state index contributed by atoms with van der Waals surface area (Å²) in [6.07, 6.45) is 3.15. The Kier molecular flexibility index (Phi) is 5.30. The van der Waals surface area contributed by atoms with Gasteiger partial charge in [-0.1, -0.05) is 12.1 Å². The summed E-state index contributed by atoms with van der Waals surface area (Å²) in [5, 5.41) is 10.3. The van der Waals surface area contributed by atoms with Crippen LogP contribution in [-0.4, -0.2) is 40.3 Å². The van der Waals surface area contributed by atoms with Gasteiger partial charge in [0.15, 0.2) is 17.5 Å². The van der Waals surface area contributed by atoms with Gasteiger partial charge in [-0.2, -0.15) is 4.98 Å². The van der Waals surface area contributed by atoms with E-state index in [9.17, 15) is 0 Å². The minimum Gasteiger partial charge on any atom is -0.490 e. The lowest BCUT2D eigenvalue weighted by molar-refractivity contribution is 0.387. The van der Waals surface area contributed by atoms with Crippen molar-refractivity contribution in [3.63, 3.8) is 0 Å². The van der Waals surface area contributed by atoms with Crippen molar-refractivity contribution in [2.45, 2.75) is 26.7 Å². The van der Waals surface area contributed by atoms with Gasteiger partial charge in [0.2, 0.25) is 11.6 Å². The average molecular weight is 292 g/mol. The number of hydrogen-bond acceptors (Lipinski definition) is 8. The maximum atomic E-state index is 5.38. The molecule has 2 heterocycles. The Balaban J connectivity index is 1.98. The van der Waals surface area contributed by atoms with Gasteiger partial charge in [0, 0.05) is 26.4 Å². The molecule has 0 atom stereocenters. The fourth-order valence-corrected chi connectivity index (χ4v) is 1.80. The number of rotatable bonds is 8. The van der Waals surface area contributed by atoms with Gasteiger partial charge in [0.1, 0.15) is 6.33 Å². The molecule has 0 saturated heterocycles. The zero-order valence-corrected chi connectivity index (χ0v) is 12.5. The summed E-state index contributed by atoms with van der Waals surface area (Å²) in [5.41, 5.74) is 0. The lowest BCUT2D eigenvalue weighted by Crippen LogP contribution is -2.11. The Bertz CT molecular complexity index is 572. The lowest BCUT2D eigenvalue weighted by Gasteiger charge is -2.13. The van der Waals surface area contributed by atoms with E-state index in [0.717, 1.165) is 13.0 Å². The first-order valence-electron chi connectivity index (χ1n) is 6.90. The molecule has 21 heavy (non-hydrogen) atoms. The van der Waals surface area contributed by atoms with Crippen LogP contribution in [0.1, 0.15) is 25.1 Å². The molecule has 0 fully saturated rings. The molecule has 0 aliphatic carbocycles. The van der Waals surface area contributed by atoms with E-state index in [1.54, 1.807) is 14.0 Å². The normalized spacial score (nSPS) is 10.4. The first-order chi connectivity index (χ1) is 10.2. The minimum atomic E-state index is 0.565. The predicted molar refractivity (Wildman–Crippen MR) is 78.6 cm³/mol. The third-order valence-corrected chi connectivity index (χ3v) is 2.76. The largest absolute Gasteiger partial charge is 0.490 e. The van der Waals surface area contributed by atoms with Crippen LogP contribution < -0.4 is 15.4 Å². The summed E-state index contributed by atoms with van der Waals surface area (Å²) >= 11 is 0. The minimum absolute atomic E-state index is 0.565. The van der Waals surface area contributed by atoms with E-state index in [0.29, 0.717) is 42.1 Å². The molecule has 0 saturated carbocycles. The molecule has 114 valence electrons. The molecule has 0 unspecified atom stereocenters. The van der Waals surface area contributed by atoms with Gasteiger partial charge < -0.3 is 19.9 Å². The molecule has 8 nitrogen and oxygen atoms in total. The van der Waals surface area contributed by atoms with Crippen molar-refractivity contribution in [1.29, 1.82) is 0 Å². The summed E-state index contributed by atoms with van der Waals surface area (Å²) < 4.78 is 10.3. The first-order valence-corrected chi connectivity index (χ1v) is 6.90. The molecule has 0 aliphatic heterocycles. The average Bonchev–Trinajstić information content (AvgIpc) is 2.90. The molecule has 0 aliphatic rings. The maximum Gasteiger partial charge on any atom is 0.223 e. The first kappa shape index (κ1) is 15.0. The van der Waals surface area contributed by atoms with Gasteiger partial charge in [-0.05, 0) is 6.42 Å². The van der Waals surface area contributed by atoms with Gasteiger partial charge in [-0.3, -0.25) is 0 Å². The summed E-state index contributed by atoms with van der Waals surface area (Å²) in [6, 6.07) is 0. The van der Waals surface area contributed by atoms with Gasteiger partial charge >= 0.3 is 0 Å². The summed E-state index contributed by atoms with van der Waals surface area (Å²) in [6.45, 7) is 5.31. The van der Waals surface area contributed by atoms with Crippen molar-refractivity contribution in [3.8, 4) is 5.75 Å². The number of ether oxygens (including phenoxy) is 1. The van der Waals surface area contributed by atoms with Crippen molar-refractivity contribution < 1.29 is 9.26 Å². The van der Waals surface area contributed by atoms with E-state index in [2.05, 4.69) is 37.7 Å². The Morgan fingerprint density at radius 1 is 1.19 bits per heavy atom. The van der Waals surface area contributed by atoms with Gasteiger partial charge in [-0.25, -0.2) is 9.97 Å². The molecule has 0 bridgehead atoms. The predicted octanol–water partition coefficient (Wildman–Crippen LogP) is 1.65. The van der Waals surface area contributed by atoms with Crippen molar-refractivity contribution in [1.82, 2.24) is 20.1 Å². The number of methoxy groups -OCH3 is 1. The summed E-state index contributed by atoms with van der Waals surface area (Å²) in [4.78, 5) is 12.5. The molecule has 0 amide bonds. The third kappa shape index (κ3) is 4.04. The van der Waals surface area contributed by atoms with E-state index >= 15 is 0 Å². The van der Waals surface area contributed by atoms with E-state index in [4.69, 9.17) is 9.26 Å². The van der Waals surface area contributed by atoms with Gasteiger partial charge in [0.05, 0.1) is 7.11 Å². The molecule has 0 radical (unpaired) electrons. The molecule has 8 heteroatoms. The van der Waals surface area contributed by atoms with Crippen molar-refractivity contribution in [3.05, 3.63) is 18.0 Å². The Hall–Kier alpha value is -2.38. The van der Waals surface area contributed by atoms with Crippen LogP contribution in [0.2, 0.25) is 0 Å². The maximum absolute atomic E-state index is 5.38. The zero-order valence-electron chi connectivity index (χ0n) is 12.5. The highest BCUT2D eigenvalue weighted by Gasteiger charge is 2.11. The molecular weight excluding hydrogens is 272 g/mol. The van der Waals surface area contributed by atoms with Crippen LogP contribution >= 0.6 is 0 Å². The van der Waals surface area contributed by atoms with Crippen LogP contribution in [0.4, 0.5) is 11.6 Å². The smallest absolute Gasteiger partial charge is 0.223 e. The SMILES string of the molecule is CCCNc1ncnc(NCCc2noc(C)n2)c1OC. The van der Waals surface area contributed by atoms with Crippen LogP contribution in [0.5, 0.6) is 5.75 Å². The number of nitrogens with zero attached hydrogens (tertiary/aromatic N) is 4. The highest BCUT2D eigenvalue weighted by Crippen LogP contribution is 2.28. The van der Waals surface area contributed by atoms with Crippen LogP contribution in [0, 0.1) is 6.92 Å². The quantitative estimate of drug-likeness (QED) is 0.758. The summed E-state index contributed by atoms with van der Waals surface area (Å²) in [5.74, 6) is 3.17. The van der Waals surface area contributed by atoms with Crippen LogP contribution in [0.25, 0.3) is 0 Å². The van der Waals surface area contributed by atoms with E-state index in [1.807, 2.05) is 0 Å². The van der Waals surface area contributed by atoms with E-state index in [-0.39, 0.29) is 0 Å². The monoisotopic (exact) mass is 292 g/mol. The molecule has 2 aromatic rings. The Morgan fingerprint density at radius 3 is 2.48 bits per heavy atom. The Morgan fingerprint density at radius 2 is 1.90 bits per heavy atom. The molecular formula is C13H20N6O2.